The zero-order valence-corrected chi connectivity index (χ0v) is 16.3. The summed E-state index contributed by atoms with van der Waals surface area (Å²) in [4.78, 5) is 6.76. The molecule has 0 saturated carbocycles. The van der Waals surface area contributed by atoms with Gasteiger partial charge in [0, 0.05) is 55.9 Å². The van der Waals surface area contributed by atoms with Gasteiger partial charge in [-0.05, 0) is 57.3 Å². The molecule has 2 aromatic rings. The van der Waals surface area contributed by atoms with Crippen molar-refractivity contribution in [1.29, 1.82) is 0 Å². The first-order valence-corrected chi connectivity index (χ1v) is 10.3. The molecule has 2 aromatic heterocycles. The van der Waals surface area contributed by atoms with Gasteiger partial charge in [-0.1, -0.05) is 6.07 Å². The number of ether oxygens (including phenoxy) is 1. The molecule has 0 amide bonds. The monoisotopic (exact) mass is 369 g/mol. The van der Waals surface area contributed by atoms with E-state index in [2.05, 4.69) is 39.5 Å². The number of piperidine rings is 1. The highest BCUT2D eigenvalue weighted by Gasteiger charge is 2.31. The van der Waals surface area contributed by atoms with Crippen molar-refractivity contribution in [2.75, 3.05) is 19.7 Å². The van der Waals surface area contributed by atoms with Crippen molar-refractivity contribution >= 4 is 0 Å². The molecule has 1 N–H and O–H groups in total. The Morgan fingerprint density at radius 1 is 1.22 bits per heavy atom. The molecule has 6 nitrogen and oxygen atoms in total. The quantitative estimate of drug-likeness (QED) is 0.849. The van der Waals surface area contributed by atoms with Crippen molar-refractivity contribution in [3.05, 3.63) is 48.0 Å². The third-order valence-electron chi connectivity index (χ3n) is 5.79. The summed E-state index contributed by atoms with van der Waals surface area (Å²) in [5.74, 6) is 0. The van der Waals surface area contributed by atoms with Gasteiger partial charge in [0.2, 0.25) is 0 Å². The summed E-state index contributed by atoms with van der Waals surface area (Å²) < 4.78 is 8.13. The number of likely N-dealkylation sites (tertiary alicyclic amines) is 1. The number of nitrogens with one attached hydrogen (secondary N) is 1. The molecule has 0 bridgehead atoms. The molecule has 27 heavy (non-hydrogen) atoms. The van der Waals surface area contributed by atoms with Gasteiger partial charge in [-0.3, -0.25) is 14.6 Å². The van der Waals surface area contributed by atoms with Crippen molar-refractivity contribution in [1.82, 2.24) is 25.0 Å². The molecule has 4 rings (SSSR count). The molecule has 0 aromatic carbocycles. The standard InChI is InChI=1S/C21H31N5O/c1-2-26-16-18(14-23-26)21-20(6-4-12-27-21)24-19-7-10-25(11-8-19)15-17-5-3-9-22-13-17/h3,5,9,13-14,16,19-21,24H,2,4,6-8,10-12,15H2,1H3/t20-,21+/m0/s1. The number of aromatic nitrogens is 3. The Hall–Kier alpha value is -1.76. The first kappa shape index (κ1) is 18.6. The summed E-state index contributed by atoms with van der Waals surface area (Å²) in [5, 5.41) is 8.36. The van der Waals surface area contributed by atoms with Crippen LogP contribution < -0.4 is 5.32 Å². The molecule has 2 aliphatic heterocycles. The zero-order chi connectivity index (χ0) is 18.5. The van der Waals surface area contributed by atoms with Gasteiger partial charge in [0.05, 0.1) is 6.20 Å². The molecule has 2 fully saturated rings. The Bertz CT molecular complexity index is 696. The van der Waals surface area contributed by atoms with Crippen LogP contribution in [-0.4, -0.2) is 51.4 Å². The van der Waals surface area contributed by atoms with Gasteiger partial charge in [0.15, 0.2) is 0 Å². The van der Waals surface area contributed by atoms with E-state index in [1.807, 2.05) is 29.3 Å². The Morgan fingerprint density at radius 2 is 2.11 bits per heavy atom. The van der Waals surface area contributed by atoms with Crippen LogP contribution in [0.25, 0.3) is 0 Å². The molecule has 0 radical (unpaired) electrons. The molecule has 0 aliphatic carbocycles. The average Bonchev–Trinajstić information content (AvgIpc) is 3.20. The Kier molecular flexibility index (Phi) is 6.17. The van der Waals surface area contributed by atoms with Crippen LogP contribution in [0.3, 0.4) is 0 Å². The lowest BCUT2D eigenvalue weighted by Crippen LogP contribution is -2.49. The van der Waals surface area contributed by atoms with Crippen molar-refractivity contribution < 1.29 is 4.74 Å². The second-order valence-electron chi connectivity index (χ2n) is 7.75. The second kappa shape index (κ2) is 8.95. The number of aryl methyl sites for hydroxylation is 1. The minimum atomic E-state index is 0.132. The van der Waals surface area contributed by atoms with E-state index >= 15 is 0 Å². The average molecular weight is 370 g/mol. The van der Waals surface area contributed by atoms with Gasteiger partial charge >= 0.3 is 0 Å². The maximum atomic E-state index is 6.14. The fourth-order valence-corrected chi connectivity index (χ4v) is 4.29. The number of nitrogens with zero attached hydrogens (tertiary/aromatic N) is 4. The van der Waals surface area contributed by atoms with E-state index in [1.54, 1.807) is 0 Å². The predicted molar refractivity (Wildman–Crippen MR) is 105 cm³/mol. The second-order valence-corrected chi connectivity index (χ2v) is 7.75. The molecule has 0 unspecified atom stereocenters. The molecule has 0 spiro atoms. The summed E-state index contributed by atoms with van der Waals surface area (Å²) in [6.45, 7) is 7.15. The Balaban J connectivity index is 1.30. The van der Waals surface area contributed by atoms with Gasteiger partial charge in [-0.2, -0.15) is 5.10 Å². The summed E-state index contributed by atoms with van der Waals surface area (Å²) in [5.41, 5.74) is 2.51. The lowest BCUT2D eigenvalue weighted by Gasteiger charge is -2.38. The van der Waals surface area contributed by atoms with Crippen molar-refractivity contribution in [2.45, 2.75) is 63.9 Å². The fourth-order valence-electron chi connectivity index (χ4n) is 4.29. The fraction of sp³-hybridized carbons (Fsp3) is 0.619. The van der Waals surface area contributed by atoms with Crippen LogP contribution in [-0.2, 0) is 17.8 Å². The van der Waals surface area contributed by atoms with Crippen molar-refractivity contribution in [3.63, 3.8) is 0 Å². The summed E-state index contributed by atoms with van der Waals surface area (Å²) in [6, 6.07) is 5.15. The van der Waals surface area contributed by atoms with Gasteiger partial charge < -0.3 is 10.1 Å². The Morgan fingerprint density at radius 3 is 2.85 bits per heavy atom. The number of rotatable bonds is 6. The highest BCUT2D eigenvalue weighted by Crippen LogP contribution is 2.29. The lowest BCUT2D eigenvalue weighted by atomic mass is 9.95. The first-order chi connectivity index (χ1) is 13.3. The van der Waals surface area contributed by atoms with E-state index in [1.165, 1.54) is 30.4 Å². The summed E-state index contributed by atoms with van der Waals surface area (Å²) in [7, 11) is 0. The van der Waals surface area contributed by atoms with Crippen molar-refractivity contribution in [3.8, 4) is 0 Å². The topological polar surface area (TPSA) is 55.2 Å². The summed E-state index contributed by atoms with van der Waals surface area (Å²) in [6.07, 6.45) is 12.8. The SMILES string of the molecule is CCn1cc([C@H]2OCCC[C@@H]2NC2CCN(Cc3cccnc3)CC2)cn1. The highest BCUT2D eigenvalue weighted by atomic mass is 16.5. The maximum Gasteiger partial charge on any atom is 0.101 e. The third-order valence-corrected chi connectivity index (χ3v) is 5.79. The van der Waals surface area contributed by atoms with Crippen LogP contribution in [0.15, 0.2) is 36.9 Å². The molecule has 4 heterocycles. The van der Waals surface area contributed by atoms with Gasteiger partial charge in [-0.15, -0.1) is 0 Å². The van der Waals surface area contributed by atoms with E-state index in [9.17, 15) is 0 Å². The number of hydrogen-bond donors (Lipinski definition) is 1. The zero-order valence-electron chi connectivity index (χ0n) is 16.3. The maximum absolute atomic E-state index is 6.14. The van der Waals surface area contributed by atoms with Gasteiger partial charge in [0.1, 0.15) is 6.10 Å². The third kappa shape index (κ3) is 4.75. The van der Waals surface area contributed by atoms with E-state index < -0.39 is 0 Å². The molecular weight excluding hydrogens is 338 g/mol. The van der Waals surface area contributed by atoms with Crippen LogP contribution >= 0.6 is 0 Å². The van der Waals surface area contributed by atoms with E-state index in [0.717, 1.165) is 39.2 Å². The predicted octanol–water partition coefficient (Wildman–Crippen LogP) is 2.77. The number of pyridine rings is 1. The van der Waals surface area contributed by atoms with Crippen LogP contribution in [0.1, 0.15) is 49.8 Å². The van der Waals surface area contributed by atoms with E-state index in [4.69, 9.17) is 4.74 Å². The lowest BCUT2D eigenvalue weighted by molar-refractivity contribution is -0.0163. The highest BCUT2D eigenvalue weighted by molar-refractivity contribution is 5.12. The van der Waals surface area contributed by atoms with Gasteiger partial charge in [-0.25, -0.2) is 0 Å². The van der Waals surface area contributed by atoms with Crippen LogP contribution in [0.5, 0.6) is 0 Å². The molecular formula is C21H31N5O. The molecule has 2 aliphatic rings. The molecule has 2 saturated heterocycles. The van der Waals surface area contributed by atoms with Crippen LogP contribution in [0, 0.1) is 0 Å². The molecule has 2 atom stereocenters. The molecule has 146 valence electrons. The normalized spacial score (nSPS) is 24.9. The first-order valence-electron chi connectivity index (χ1n) is 10.3. The van der Waals surface area contributed by atoms with Gasteiger partial charge in [0.25, 0.3) is 0 Å². The minimum absolute atomic E-state index is 0.132. The van der Waals surface area contributed by atoms with E-state index in [-0.39, 0.29) is 6.10 Å². The molecule has 6 heteroatoms. The number of hydrogen-bond acceptors (Lipinski definition) is 5. The minimum Gasteiger partial charge on any atom is -0.372 e. The van der Waals surface area contributed by atoms with Crippen molar-refractivity contribution in [2.24, 2.45) is 0 Å². The van der Waals surface area contributed by atoms with E-state index in [0.29, 0.717) is 12.1 Å². The van der Waals surface area contributed by atoms with Crippen LogP contribution in [0.4, 0.5) is 0 Å². The smallest absolute Gasteiger partial charge is 0.101 e. The van der Waals surface area contributed by atoms with Crippen LogP contribution in [0.2, 0.25) is 0 Å². The largest absolute Gasteiger partial charge is 0.372 e. The summed E-state index contributed by atoms with van der Waals surface area (Å²) >= 11 is 0. The Labute approximate surface area is 161 Å².